The second kappa shape index (κ2) is 6.92. The Labute approximate surface area is 133 Å². The van der Waals surface area contributed by atoms with Crippen LogP contribution in [0, 0.1) is 5.82 Å². The molecule has 0 saturated carbocycles. The quantitative estimate of drug-likeness (QED) is 0.796. The van der Waals surface area contributed by atoms with Crippen LogP contribution in [0.25, 0.3) is 0 Å². The molecule has 1 fully saturated rings. The van der Waals surface area contributed by atoms with Crippen LogP contribution in [0.2, 0.25) is 10.0 Å². The first-order valence-corrected chi connectivity index (χ1v) is 7.32. The summed E-state index contributed by atoms with van der Waals surface area (Å²) in [5.74, 6) is -0.509. The topological polar surface area (TPSA) is 32.8 Å². The Morgan fingerprint density at radius 3 is 2.81 bits per heavy atom. The number of hydrogen-bond donors (Lipinski definition) is 0. The van der Waals surface area contributed by atoms with E-state index in [1.54, 1.807) is 19.0 Å². The highest BCUT2D eigenvalue weighted by molar-refractivity contribution is 6.35. The van der Waals surface area contributed by atoms with E-state index in [0.29, 0.717) is 36.8 Å². The van der Waals surface area contributed by atoms with Crippen molar-refractivity contribution in [2.75, 3.05) is 40.3 Å². The average molecular weight is 335 g/mol. The number of hydrogen-bond acceptors (Lipinski definition) is 3. The van der Waals surface area contributed by atoms with Crippen LogP contribution in [-0.4, -0.2) is 56.0 Å². The van der Waals surface area contributed by atoms with E-state index in [1.165, 1.54) is 12.1 Å². The molecule has 1 amide bonds. The van der Waals surface area contributed by atoms with Crippen LogP contribution >= 0.6 is 23.2 Å². The third-order valence-corrected chi connectivity index (χ3v) is 4.01. The van der Waals surface area contributed by atoms with Gasteiger partial charge in [-0.2, -0.15) is 0 Å². The number of amides is 1. The van der Waals surface area contributed by atoms with E-state index in [4.69, 9.17) is 27.9 Å². The van der Waals surface area contributed by atoms with Gasteiger partial charge in [-0.05, 0) is 12.1 Å². The van der Waals surface area contributed by atoms with Crippen LogP contribution in [0.3, 0.4) is 0 Å². The smallest absolute Gasteiger partial charge is 0.236 e. The summed E-state index contributed by atoms with van der Waals surface area (Å²) in [4.78, 5) is 15.3. The number of halogens is 3. The van der Waals surface area contributed by atoms with Gasteiger partial charge >= 0.3 is 0 Å². The van der Waals surface area contributed by atoms with E-state index >= 15 is 0 Å². The number of ether oxygens (including phenoxy) is 1. The SMILES string of the molecule is CN(C)C(=O)CN1CCO[C@H](c2cc(F)c(Cl)cc2Cl)C1. The van der Waals surface area contributed by atoms with E-state index in [0.717, 1.165) is 0 Å². The number of benzene rings is 1. The van der Waals surface area contributed by atoms with Gasteiger partial charge in [-0.15, -0.1) is 0 Å². The Balaban J connectivity index is 2.11. The number of carbonyl (C=O) groups excluding carboxylic acids is 1. The number of morpholine rings is 1. The molecule has 0 bridgehead atoms. The maximum atomic E-state index is 13.6. The molecule has 116 valence electrons. The van der Waals surface area contributed by atoms with E-state index in [2.05, 4.69) is 0 Å². The molecule has 1 aromatic carbocycles. The van der Waals surface area contributed by atoms with Gasteiger partial charge in [0.2, 0.25) is 5.91 Å². The summed E-state index contributed by atoms with van der Waals surface area (Å²) in [6.45, 7) is 1.91. The molecule has 1 aliphatic rings. The van der Waals surface area contributed by atoms with Crippen LogP contribution < -0.4 is 0 Å². The van der Waals surface area contributed by atoms with Gasteiger partial charge in [0.05, 0.1) is 24.3 Å². The first kappa shape index (κ1) is 16.5. The Hall–Kier alpha value is -0.880. The molecule has 1 aromatic rings. The summed E-state index contributed by atoms with van der Waals surface area (Å²) in [5.41, 5.74) is 0.556. The fraction of sp³-hybridized carbons (Fsp3) is 0.500. The molecule has 0 spiro atoms. The maximum Gasteiger partial charge on any atom is 0.236 e. The summed E-state index contributed by atoms with van der Waals surface area (Å²) < 4.78 is 19.3. The first-order valence-electron chi connectivity index (χ1n) is 6.57. The second-order valence-corrected chi connectivity index (χ2v) is 5.98. The minimum atomic E-state index is -0.527. The average Bonchev–Trinajstić information content (AvgIpc) is 2.43. The summed E-state index contributed by atoms with van der Waals surface area (Å²) in [5, 5.41) is 0.353. The lowest BCUT2D eigenvalue weighted by Gasteiger charge is -2.33. The predicted molar refractivity (Wildman–Crippen MR) is 80.2 cm³/mol. The second-order valence-electron chi connectivity index (χ2n) is 5.17. The molecule has 0 aromatic heterocycles. The van der Waals surface area contributed by atoms with E-state index in [1.807, 2.05) is 4.90 Å². The highest BCUT2D eigenvalue weighted by atomic mass is 35.5. The van der Waals surface area contributed by atoms with Crippen molar-refractivity contribution in [1.82, 2.24) is 9.80 Å². The minimum Gasteiger partial charge on any atom is -0.371 e. The van der Waals surface area contributed by atoms with Crippen LogP contribution in [-0.2, 0) is 9.53 Å². The molecule has 1 heterocycles. The van der Waals surface area contributed by atoms with Gasteiger partial charge in [-0.1, -0.05) is 23.2 Å². The predicted octanol–water partition coefficient (Wildman–Crippen LogP) is 2.59. The number of rotatable bonds is 3. The lowest BCUT2D eigenvalue weighted by molar-refractivity contribution is -0.132. The van der Waals surface area contributed by atoms with Crippen LogP contribution in [0.15, 0.2) is 12.1 Å². The number of carbonyl (C=O) groups is 1. The Bertz CT molecular complexity index is 540. The maximum absolute atomic E-state index is 13.6. The zero-order valence-corrected chi connectivity index (χ0v) is 13.4. The largest absolute Gasteiger partial charge is 0.371 e. The summed E-state index contributed by atoms with van der Waals surface area (Å²) in [6, 6.07) is 2.67. The molecule has 0 unspecified atom stereocenters. The van der Waals surface area contributed by atoms with Gasteiger partial charge in [0.25, 0.3) is 0 Å². The van der Waals surface area contributed by atoms with Gasteiger partial charge in [0.15, 0.2) is 0 Å². The third kappa shape index (κ3) is 4.07. The van der Waals surface area contributed by atoms with E-state index in [-0.39, 0.29) is 17.0 Å². The van der Waals surface area contributed by atoms with Crippen molar-refractivity contribution in [3.63, 3.8) is 0 Å². The third-order valence-electron chi connectivity index (χ3n) is 3.39. The monoisotopic (exact) mass is 334 g/mol. The lowest BCUT2D eigenvalue weighted by Crippen LogP contribution is -2.44. The minimum absolute atomic E-state index is 0.0146. The molecule has 4 nitrogen and oxygen atoms in total. The first-order chi connectivity index (χ1) is 9.88. The number of nitrogens with zero attached hydrogens (tertiary/aromatic N) is 2. The zero-order valence-electron chi connectivity index (χ0n) is 11.9. The van der Waals surface area contributed by atoms with Crippen molar-refractivity contribution in [2.45, 2.75) is 6.10 Å². The molecule has 21 heavy (non-hydrogen) atoms. The summed E-state index contributed by atoms with van der Waals surface area (Å²) >= 11 is 11.8. The summed E-state index contributed by atoms with van der Waals surface area (Å²) in [7, 11) is 3.43. The molecule has 7 heteroatoms. The van der Waals surface area contributed by atoms with E-state index < -0.39 is 5.82 Å². The Kier molecular flexibility index (Phi) is 5.43. The zero-order chi connectivity index (χ0) is 15.6. The van der Waals surface area contributed by atoms with Gasteiger partial charge < -0.3 is 9.64 Å². The van der Waals surface area contributed by atoms with Crippen molar-refractivity contribution in [3.05, 3.63) is 33.6 Å². The highest BCUT2D eigenvalue weighted by Gasteiger charge is 2.26. The molecule has 1 saturated heterocycles. The lowest BCUT2D eigenvalue weighted by atomic mass is 10.1. The Morgan fingerprint density at radius 2 is 2.14 bits per heavy atom. The van der Waals surface area contributed by atoms with Crippen molar-refractivity contribution < 1.29 is 13.9 Å². The molecule has 2 rings (SSSR count). The van der Waals surface area contributed by atoms with Crippen molar-refractivity contribution in [1.29, 1.82) is 0 Å². The van der Waals surface area contributed by atoms with Gasteiger partial charge in [0, 0.05) is 37.8 Å². The van der Waals surface area contributed by atoms with E-state index in [9.17, 15) is 9.18 Å². The molecule has 0 aliphatic carbocycles. The molecule has 1 aliphatic heterocycles. The highest BCUT2D eigenvalue weighted by Crippen LogP contribution is 2.32. The van der Waals surface area contributed by atoms with Crippen molar-refractivity contribution in [3.8, 4) is 0 Å². The van der Waals surface area contributed by atoms with Gasteiger partial charge in [-0.25, -0.2) is 4.39 Å². The molecule has 0 N–H and O–H groups in total. The Morgan fingerprint density at radius 1 is 1.43 bits per heavy atom. The van der Waals surface area contributed by atoms with Crippen LogP contribution in [0.1, 0.15) is 11.7 Å². The van der Waals surface area contributed by atoms with Gasteiger partial charge in [0.1, 0.15) is 5.82 Å². The molecule has 1 atom stereocenters. The van der Waals surface area contributed by atoms with Gasteiger partial charge in [-0.3, -0.25) is 9.69 Å². The summed E-state index contributed by atoms with van der Waals surface area (Å²) in [6.07, 6.45) is -0.368. The van der Waals surface area contributed by atoms with Crippen LogP contribution in [0.5, 0.6) is 0 Å². The molecule has 0 radical (unpaired) electrons. The van der Waals surface area contributed by atoms with Crippen molar-refractivity contribution in [2.24, 2.45) is 0 Å². The fourth-order valence-corrected chi connectivity index (χ4v) is 2.66. The fourth-order valence-electron chi connectivity index (χ4n) is 2.15. The van der Waals surface area contributed by atoms with Crippen LogP contribution in [0.4, 0.5) is 4.39 Å². The normalized spacial score (nSPS) is 19.6. The number of likely N-dealkylation sites (N-methyl/N-ethyl adjacent to an activating group) is 1. The molecular formula is C14H17Cl2FN2O2. The van der Waals surface area contributed by atoms with Crippen molar-refractivity contribution >= 4 is 29.1 Å². The standard InChI is InChI=1S/C14H17Cl2FN2O2/c1-18(2)14(20)8-19-3-4-21-13(7-19)9-5-12(17)11(16)6-10(9)15/h5-6,13H,3-4,7-8H2,1-2H3/t13-/m0/s1. The molecular weight excluding hydrogens is 318 g/mol.